The molecule has 0 radical (unpaired) electrons. The van der Waals surface area contributed by atoms with Crippen LogP contribution in [0.3, 0.4) is 0 Å². The average molecular weight is 314 g/mol. The van der Waals surface area contributed by atoms with Gasteiger partial charge in [-0.1, -0.05) is 0 Å². The molecule has 0 aromatic carbocycles. The molecule has 21 heavy (non-hydrogen) atoms. The largest absolute Gasteiger partial charge is 0.480 e. The number of carbonyl (C=O) groups excluding carboxylic acids is 1. The normalized spacial score (nSPS) is 20.9. The number of carbonyl (C=O) groups is 2. The van der Waals surface area contributed by atoms with E-state index < -0.39 is 33.9 Å². The molecule has 2 rings (SSSR count). The summed E-state index contributed by atoms with van der Waals surface area (Å²) in [5.41, 5.74) is 0.561. The second-order valence-corrected chi connectivity index (χ2v) is 6.49. The molecule has 0 saturated carbocycles. The number of carboxylic acids is 1. The third-order valence-electron chi connectivity index (χ3n) is 2.83. The van der Waals surface area contributed by atoms with E-state index >= 15 is 0 Å². The van der Waals surface area contributed by atoms with Crippen molar-refractivity contribution in [2.45, 2.75) is 18.5 Å². The molecule has 0 fully saturated rings. The number of urea groups is 1. The van der Waals surface area contributed by atoms with Gasteiger partial charge in [-0.2, -0.15) is 0 Å². The van der Waals surface area contributed by atoms with E-state index in [1.54, 1.807) is 0 Å². The highest BCUT2D eigenvalue weighted by Gasteiger charge is 2.25. The molecule has 1 aromatic rings. The topological polar surface area (TPSA) is 141 Å². The van der Waals surface area contributed by atoms with Gasteiger partial charge in [0.2, 0.25) is 0 Å². The van der Waals surface area contributed by atoms with E-state index in [0.29, 0.717) is 5.69 Å². The van der Waals surface area contributed by atoms with E-state index in [1.165, 1.54) is 18.6 Å². The Bertz CT molecular complexity index is 652. The minimum Gasteiger partial charge on any atom is -0.480 e. The van der Waals surface area contributed by atoms with Gasteiger partial charge in [0.25, 0.3) is 0 Å². The zero-order chi connectivity index (χ0) is 15.5. The minimum absolute atomic E-state index is 0.0432. The van der Waals surface area contributed by atoms with Crippen molar-refractivity contribution in [1.82, 2.24) is 20.6 Å². The number of aromatic amines is 1. The number of sulfone groups is 1. The van der Waals surface area contributed by atoms with Crippen molar-refractivity contribution in [2.75, 3.05) is 5.75 Å². The zero-order valence-electron chi connectivity index (χ0n) is 10.8. The van der Waals surface area contributed by atoms with Crippen LogP contribution in [0.15, 0.2) is 24.0 Å². The highest BCUT2D eigenvalue weighted by Crippen LogP contribution is 2.07. The van der Waals surface area contributed by atoms with Crippen molar-refractivity contribution < 1.29 is 23.1 Å². The summed E-state index contributed by atoms with van der Waals surface area (Å²) in [5.74, 6) is -1.42. The first kappa shape index (κ1) is 15.0. The maximum atomic E-state index is 11.7. The summed E-state index contributed by atoms with van der Waals surface area (Å²) in [4.78, 5) is 29.3. The number of carboxylic acid groups (broad SMARTS) is 1. The van der Waals surface area contributed by atoms with Crippen LogP contribution >= 0.6 is 0 Å². The summed E-state index contributed by atoms with van der Waals surface area (Å²) < 4.78 is 22.4. The molecular formula is C11H14N4O5S. The number of hydrogen-bond acceptors (Lipinski definition) is 5. The van der Waals surface area contributed by atoms with E-state index in [1.807, 2.05) is 0 Å². The number of imidazole rings is 1. The average Bonchev–Trinajstić information content (AvgIpc) is 2.98. The maximum absolute atomic E-state index is 11.7. The lowest BCUT2D eigenvalue weighted by Gasteiger charge is -2.16. The number of nitrogens with one attached hydrogen (secondary N) is 3. The summed E-state index contributed by atoms with van der Waals surface area (Å²) in [6.07, 6.45) is 4.26. The highest BCUT2D eigenvalue weighted by atomic mass is 32.2. The molecule has 1 aliphatic rings. The number of nitrogens with zero attached hydrogens (tertiary/aromatic N) is 1. The van der Waals surface area contributed by atoms with Crippen LogP contribution in [-0.2, 0) is 21.1 Å². The van der Waals surface area contributed by atoms with Gasteiger partial charge in [-0.25, -0.2) is 23.0 Å². The van der Waals surface area contributed by atoms with Crippen molar-refractivity contribution in [1.29, 1.82) is 0 Å². The van der Waals surface area contributed by atoms with Gasteiger partial charge >= 0.3 is 12.0 Å². The fourth-order valence-electron chi connectivity index (χ4n) is 1.85. The third kappa shape index (κ3) is 4.31. The molecule has 4 N–H and O–H groups in total. The van der Waals surface area contributed by atoms with Crippen molar-refractivity contribution in [3.8, 4) is 0 Å². The lowest BCUT2D eigenvalue weighted by atomic mass is 10.1. The van der Waals surface area contributed by atoms with E-state index in [2.05, 4.69) is 20.6 Å². The molecule has 0 bridgehead atoms. The molecule has 1 aliphatic heterocycles. The Hall–Kier alpha value is -2.36. The van der Waals surface area contributed by atoms with E-state index in [9.17, 15) is 18.0 Å². The van der Waals surface area contributed by atoms with Crippen molar-refractivity contribution in [3.63, 3.8) is 0 Å². The van der Waals surface area contributed by atoms with E-state index in [-0.39, 0.29) is 12.2 Å². The van der Waals surface area contributed by atoms with Gasteiger partial charge < -0.3 is 20.7 Å². The Morgan fingerprint density at radius 3 is 2.81 bits per heavy atom. The van der Waals surface area contributed by atoms with Gasteiger partial charge in [0.1, 0.15) is 6.04 Å². The summed E-state index contributed by atoms with van der Waals surface area (Å²) >= 11 is 0. The Morgan fingerprint density at radius 2 is 2.29 bits per heavy atom. The number of H-pyrrole nitrogens is 1. The van der Waals surface area contributed by atoms with Gasteiger partial charge in [-0.05, 0) is 6.08 Å². The molecular weight excluding hydrogens is 300 g/mol. The fraction of sp³-hybridized carbons (Fsp3) is 0.364. The Morgan fingerprint density at radius 1 is 1.52 bits per heavy atom. The molecule has 0 aliphatic carbocycles. The smallest absolute Gasteiger partial charge is 0.326 e. The predicted molar refractivity (Wildman–Crippen MR) is 72.1 cm³/mol. The van der Waals surface area contributed by atoms with Gasteiger partial charge in [0.15, 0.2) is 9.84 Å². The zero-order valence-corrected chi connectivity index (χ0v) is 11.6. The van der Waals surface area contributed by atoms with Crippen LogP contribution in [0.2, 0.25) is 0 Å². The van der Waals surface area contributed by atoms with Gasteiger partial charge in [-0.15, -0.1) is 0 Å². The van der Waals surface area contributed by atoms with Crippen LogP contribution in [0.1, 0.15) is 5.69 Å². The lowest BCUT2D eigenvalue weighted by molar-refractivity contribution is -0.139. The van der Waals surface area contributed by atoms with Gasteiger partial charge in [0, 0.05) is 23.7 Å². The molecule has 114 valence electrons. The quantitative estimate of drug-likeness (QED) is 0.550. The predicted octanol–water partition coefficient (Wildman–Crippen LogP) is -0.985. The monoisotopic (exact) mass is 314 g/mol. The minimum atomic E-state index is -3.28. The van der Waals surface area contributed by atoms with Crippen molar-refractivity contribution in [2.24, 2.45) is 0 Å². The maximum Gasteiger partial charge on any atom is 0.326 e. The number of hydrogen-bond donors (Lipinski definition) is 4. The molecule has 2 heterocycles. The number of amides is 2. The molecule has 0 spiro atoms. The number of rotatable bonds is 5. The molecule has 10 heteroatoms. The Labute approximate surface area is 120 Å². The number of aromatic nitrogens is 2. The molecule has 2 atom stereocenters. The van der Waals surface area contributed by atoms with Crippen LogP contribution < -0.4 is 10.6 Å². The van der Waals surface area contributed by atoms with Crippen LogP contribution in [0.25, 0.3) is 0 Å². The summed E-state index contributed by atoms with van der Waals surface area (Å²) in [6.45, 7) is 0. The summed E-state index contributed by atoms with van der Waals surface area (Å²) in [6, 6.07) is -2.54. The molecule has 1 unspecified atom stereocenters. The standard InChI is InChI=1S/C11H14N4O5S/c16-10(17)9(3-8-4-12-6-13-8)15-11(18)14-7-1-2-21(19,20)5-7/h1-2,4,6-7,9H,3,5H2,(H,12,13)(H,16,17)(H2,14,15,18)/t7?,9-/m0/s1. The summed E-state index contributed by atoms with van der Waals surface area (Å²) in [7, 11) is -3.28. The first-order chi connectivity index (χ1) is 9.85. The van der Waals surface area contributed by atoms with Crippen LogP contribution in [0, 0.1) is 0 Å². The van der Waals surface area contributed by atoms with Crippen LogP contribution in [0.4, 0.5) is 4.79 Å². The van der Waals surface area contributed by atoms with E-state index in [0.717, 1.165) is 5.41 Å². The van der Waals surface area contributed by atoms with E-state index in [4.69, 9.17) is 5.11 Å². The van der Waals surface area contributed by atoms with Crippen LogP contribution in [0.5, 0.6) is 0 Å². The summed E-state index contributed by atoms with van der Waals surface area (Å²) in [5, 5.41) is 14.8. The second-order valence-electron chi connectivity index (χ2n) is 4.55. The SMILES string of the molecule is O=C(NC1C=CS(=O)(=O)C1)N[C@@H](Cc1cnc[nH]1)C(=O)O. The second kappa shape index (κ2) is 5.95. The highest BCUT2D eigenvalue weighted by molar-refractivity contribution is 7.94. The lowest BCUT2D eigenvalue weighted by Crippen LogP contribution is -2.50. The Balaban J connectivity index is 1.90. The number of aliphatic carboxylic acids is 1. The first-order valence-electron chi connectivity index (χ1n) is 6.04. The molecule has 2 amide bonds. The van der Waals surface area contributed by atoms with Crippen molar-refractivity contribution in [3.05, 3.63) is 29.7 Å². The molecule has 9 nitrogen and oxygen atoms in total. The first-order valence-corrected chi connectivity index (χ1v) is 7.75. The molecule has 0 saturated heterocycles. The van der Waals surface area contributed by atoms with Gasteiger partial charge in [-0.3, -0.25) is 0 Å². The molecule has 1 aromatic heterocycles. The fourth-order valence-corrected chi connectivity index (χ4v) is 3.09. The van der Waals surface area contributed by atoms with Crippen LogP contribution in [-0.4, -0.2) is 53.3 Å². The van der Waals surface area contributed by atoms with Gasteiger partial charge in [0.05, 0.1) is 18.1 Å². The van der Waals surface area contributed by atoms with Crippen molar-refractivity contribution >= 4 is 21.8 Å². The third-order valence-corrected chi connectivity index (χ3v) is 4.22. The Kier molecular flexibility index (Phi) is 4.26.